The summed E-state index contributed by atoms with van der Waals surface area (Å²) < 4.78 is 5.05. The maximum atomic E-state index is 11.5. The molecular weight excluding hydrogens is 178 g/mol. The van der Waals surface area contributed by atoms with E-state index in [9.17, 15) is 4.79 Å². The maximum Gasteiger partial charge on any atom is 0.335 e. The zero-order chi connectivity index (χ0) is 10.4. The van der Waals surface area contributed by atoms with Crippen molar-refractivity contribution in [1.29, 1.82) is 0 Å². The normalized spacial score (nSPS) is 18.3. The summed E-state index contributed by atoms with van der Waals surface area (Å²) in [7, 11) is 2.01. The first-order valence-electron chi connectivity index (χ1n) is 4.90. The predicted octanol–water partition coefficient (Wildman–Crippen LogP) is 1.37. The maximum absolute atomic E-state index is 11.5. The summed E-state index contributed by atoms with van der Waals surface area (Å²) in [6, 6.07) is 0. The lowest BCUT2D eigenvalue weighted by atomic mass is 10.1. The summed E-state index contributed by atoms with van der Waals surface area (Å²) in [5.41, 5.74) is 0.781. The Morgan fingerprint density at radius 3 is 3.14 bits per heavy atom. The molecule has 78 valence electrons. The van der Waals surface area contributed by atoms with Crippen molar-refractivity contribution in [3.63, 3.8) is 0 Å². The Bertz CT molecular complexity index is 256. The smallest absolute Gasteiger partial charge is 0.335 e. The second-order valence-corrected chi connectivity index (χ2v) is 3.42. The molecule has 0 aromatic rings. The highest BCUT2D eigenvalue weighted by Crippen LogP contribution is 2.09. The molecule has 0 spiro atoms. The van der Waals surface area contributed by atoms with Crippen molar-refractivity contribution in [2.75, 3.05) is 26.7 Å². The van der Waals surface area contributed by atoms with E-state index in [2.05, 4.69) is 4.90 Å². The molecule has 0 saturated heterocycles. The Kier molecular flexibility index (Phi) is 4.40. The predicted molar refractivity (Wildman–Crippen MR) is 56.0 cm³/mol. The largest absolute Gasteiger partial charge is 0.458 e. The molecule has 0 unspecified atom stereocenters. The number of esters is 1. The summed E-state index contributed by atoms with van der Waals surface area (Å²) in [5, 5.41) is 0. The Balaban J connectivity index is 2.40. The van der Waals surface area contributed by atoms with Crippen LogP contribution in [0.2, 0.25) is 0 Å². The van der Waals surface area contributed by atoms with Crippen molar-refractivity contribution in [2.24, 2.45) is 0 Å². The topological polar surface area (TPSA) is 29.5 Å². The highest BCUT2D eigenvalue weighted by Gasteiger charge is 2.15. The molecule has 0 aliphatic carbocycles. The lowest BCUT2D eigenvalue weighted by Gasteiger charge is -2.21. The average Bonchev–Trinajstić information content (AvgIpc) is 2.18. The van der Waals surface area contributed by atoms with Crippen LogP contribution in [-0.4, -0.2) is 37.6 Å². The highest BCUT2D eigenvalue weighted by atomic mass is 16.5. The molecule has 0 aromatic heterocycles. The molecule has 14 heavy (non-hydrogen) atoms. The standard InChI is InChI=1S/C11H17NO2/c1-3-4-8-14-11(13)10-6-5-7-12(2)9-10/h3-4,6H,5,7-9H2,1-2H3. The van der Waals surface area contributed by atoms with Crippen molar-refractivity contribution in [1.82, 2.24) is 4.90 Å². The van der Waals surface area contributed by atoms with Crippen LogP contribution in [0.1, 0.15) is 13.3 Å². The van der Waals surface area contributed by atoms with Crippen molar-refractivity contribution < 1.29 is 9.53 Å². The van der Waals surface area contributed by atoms with Gasteiger partial charge in [-0.2, -0.15) is 0 Å². The zero-order valence-corrected chi connectivity index (χ0v) is 8.82. The van der Waals surface area contributed by atoms with Gasteiger partial charge in [0.05, 0.1) is 0 Å². The van der Waals surface area contributed by atoms with Crippen molar-refractivity contribution >= 4 is 5.97 Å². The summed E-state index contributed by atoms with van der Waals surface area (Å²) in [6.45, 7) is 4.00. The first kappa shape index (κ1) is 11.0. The summed E-state index contributed by atoms with van der Waals surface area (Å²) in [5.74, 6) is -0.186. The van der Waals surface area contributed by atoms with Gasteiger partial charge in [-0.1, -0.05) is 18.2 Å². The number of likely N-dealkylation sites (N-methyl/N-ethyl adjacent to an activating group) is 1. The Morgan fingerprint density at radius 1 is 1.71 bits per heavy atom. The minimum Gasteiger partial charge on any atom is -0.458 e. The van der Waals surface area contributed by atoms with Crippen LogP contribution in [0.15, 0.2) is 23.8 Å². The molecule has 0 fully saturated rings. The fraction of sp³-hybridized carbons (Fsp3) is 0.545. The zero-order valence-electron chi connectivity index (χ0n) is 8.82. The van der Waals surface area contributed by atoms with E-state index >= 15 is 0 Å². The molecule has 1 aliphatic heterocycles. The molecular formula is C11H17NO2. The lowest BCUT2D eigenvalue weighted by Crippen LogP contribution is -2.29. The van der Waals surface area contributed by atoms with Gasteiger partial charge in [0.15, 0.2) is 0 Å². The molecule has 0 aromatic carbocycles. The molecule has 0 radical (unpaired) electrons. The van der Waals surface area contributed by atoms with Gasteiger partial charge in [-0.15, -0.1) is 0 Å². The molecule has 0 saturated carbocycles. The number of carbonyl (C=O) groups excluding carboxylic acids is 1. The van der Waals surface area contributed by atoms with Gasteiger partial charge in [0, 0.05) is 18.7 Å². The third-order valence-electron chi connectivity index (χ3n) is 2.15. The van der Waals surface area contributed by atoms with Gasteiger partial charge in [-0.3, -0.25) is 0 Å². The van der Waals surface area contributed by atoms with Crippen LogP contribution in [-0.2, 0) is 9.53 Å². The Labute approximate surface area is 85.0 Å². The average molecular weight is 195 g/mol. The van der Waals surface area contributed by atoms with Crippen LogP contribution < -0.4 is 0 Å². The number of hydrogen-bond donors (Lipinski definition) is 0. The molecule has 1 aliphatic rings. The van der Waals surface area contributed by atoms with Crippen molar-refractivity contribution in [3.8, 4) is 0 Å². The van der Waals surface area contributed by atoms with E-state index in [1.165, 1.54) is 0 Å². The minimum atomic E-state index is -0.186. The Hall–Kier alpha value is -1.09. The molecule has 1 heterocycles. The highest BCUT2D eigenvalue weighted by molar-refractivity contribution is 5.89. The molecule has 0 N–H and O–H groups in total. The quantitative estimate of drug-likeness (QED) is 0.503. The van der Waals surface area contributed by atoms with Gasteiger partial charge in [0.25, 0.3) is 0 Å². The third-order valence-corrected chi connectivity index (χ3v) is 2.15. The molecule has 3 nitrogen and oxygen atoms in total. The van der Waals surface area contributed by atoms with E-state index in [-0.39, 0.29) is 5.97 Å². The number of nitrogens with zero attached hydrogens (tertiary/aromatic N) is 1. The minimum absolute atomic E-state index is 0.186. The van der Waals surface area contributed by atoms with E-state index in [0.29, 0.717) is 13.2 Å². The van der Waals surface area contributed by atoms with Crippen LogP contribution in [0.4, 0.5) is 0 Å². The van der Waals surface area contributed by atoms with Crippen LogP contribution >= 0.6 is 0 Å². The van der Waals surface area contributed by atoms with Gasteiger partial charge < -0.3 is 9.64 Å². The van der Waals surface area contributed by atoms with Gasteiger partial charge in [-0.05, 0) is 20.4 Å². The van der Waals surface area contributed by atoms with E-state index in [4.69, 9.17) is 4.74 Å². The lowest BCUT2D eigenvalue weighted by molar-refractivity contribution is -0.138. The van der Waals surface area contributed by atoms with E-state index in [1.807, 2.05) is 32.2 Å². The molecule has 0 bridgehead atoms. The van der Waals surface area contributed by atoms with Gasteiger partial charge >= 0.3 is 5.97 Å². The number of hydrogen-bond acceptors (Lipinski definition) is 3. The Morgan fingerprint density at radius 2 is 2.50 bits per heavy atom. The van der Waals surface area contributed by atoms with Gasteiger partial charge in [0.2, 0.25) is 0 Å². The van der Waals surface area contributed by atoms with Crippen LogP contribution in [0, 0.1) is 0 Å². The van der Waals surface area contributed by atoms with E-state index in [1.54, 1.807) is 0 Å². The number of allylic oxidation sites excluding steroid dienone is 1. The second-order valence-electron chi connectivity index (χ2n) is 3.42. The molecule has 0 amide bonds. The van der Waals surface area contributed by atoms with E-state index in [0.717, 1.165) is 18.5 Å². The van der Waals surface area contributed by atoms with Crippen LogP contribution in [0.5, 0.6) is 0 Å². The first-order valence-corrected chi connectivity index (χ1v) is 4.90. The summed E-state index contributed by atoms with van der Waals surface area (Å²) in [4.78, 5) is 13.6. The van der Waals surface area contributed by atoms with Crippen LogP contribution in [0.25, 0.3) is 0 Å². The fourth-order valence-corrected chi connectivity index (χ4v) is 1.35. The monoisotopic (exact) mass is 195 g/mol. The summed E-state index contributed by atoms with van der Waals surface area (Å²) >= 11 is 0. The van der Waals surface area contributed by atoms with E-state index < -0.39 is 0 Å². The van der Waals surface area contributed by atoms with Crippen LogP contribution in [0.3, 0.4) is 0 Å². The fourth-order valence-electron chi connectivity index (χ4n) is 1.35. The third kappa shape index (κ3) is 3.34. The van der Waals surface area contributed by atoms with Crippen molar-refractivity contribution in [2.45, 2.75) is 13.3 Å². The molecule has 3 heteroatoms. The number of carbonyl (C=O) groups is 1. The number of ether oxygens (including phenoxy) is 1. The first-order chi connectivity index (χ1) is 6.74. The SMILES string of the molecule is CC=CCOC(=O)C1=CCCN(C)C1. The second kappa shape index (κ2) is 5.60. The molecule has 1 rings (SSSR count). The van der Waals surface area contributed by atoms with Gasteiger partial charge in [0.1, 0.15) is 6.61 Å². The summed E-state index contributed by atoms with van der Waals surface area (Å²) in [6.07, 6.45) is 6.60. The van der Waals surface area contributed by atoms with Gasteiger partial charge in [-0.25, -0.2) is 4.79 Å². The number of rotatable bonds is 3. The van der Waals surface area contributed by atoms with Crippen molar-refractivity contribution in [3.05, 3.63) is 23.8 Å². The molecule has 0 atom stereocenters.